The molecule has 1 aliphatic heterocycles. The number of carbonyl (C=O) groups excluding carboxylic acids is 1. The number of pyridine rings is 1. The Bertz CT molecular complexity index is 1280. The molecule has 0 radical (unpaired) electrons. The number of esters is 1. The van der Waals surface area contributed by atoms with Crippen LogP contribution in [0.1, 0.15) is 42.5 Å². The van der Waals surface area contributed by atoms with E-state index in [-0.39, 0.29) is 17.6 Å². The second-order valence-corrected chi connectivity index (χ2v) is 10.5. The van der Waals surface area contributed by atoms with Gasteiger partial charge in [-0.25, -0.2) is 0 Å². The molecule has 0 bridgehead atoms. The molecule has 4 rings (SSSR count). The van der Waals surface area contributed by atoms with E-state index in [0.29, 0.717) is 19.6 Å². The number of halogens is 3. The second-order valence-electron chi connectivity index (χ2n) is 10.5. The quantitative estimate of drug-likeness (QED) is 0.354. The minimum Gasteiger partial charge on any atom is -0.466 e. The van der Waals surface area contributed by atoms with Crippen LogP contribution in [0.5, 0.6) is 0 Å². The minimum absolute atomic E-state index is 0.00332. The summed E-state index contributed by atoms with van der Waals surface area (Å²) in [5, 5.41) is 9.96. The van der Waals surface area contributed by atoms with Crippen molar-refractivity contribution in [2.45, 2.75) is 58.1 Å². The van der Waals surface area contributed by atoms with Crippen LogP contribution >= 0.6 is 0 Å². The molecule has 1 aromatic heterocycles. The van der Waals surface area contributed by atoms with E-state index in [1.165, 1.54) is 17.7 Å². The van der Waals surface area contributed by atoms with Gasteiger partial charge < -0.3 is 9.84 Å². The Morgan fingerprint density at radius 1 is 1.02 bits per heavy atom. The van der Waals surface area contributed by atoms with E-state index in [2.05, 4.69) is 20.9 Å². The van der Waals surface area contributed by atoms with Crippen molar-refractivity contribution in [2.75, 3.05) is 26.2 Å². The first-order chi connectivity index (χ1) is 19.0. The molecule has 40 heavy (non-hydrogen) atoms. The molecular weight excluding hydrogens is 519 g/mol. The molecule has 1 fully saturated rings. The fraction of sp³-hybridized carbons (Fsp3) is 0.419. The van der Waals surface area contributed by atoms with Gasteiger partial charge in [-0.1, -0.05) is 42.5 Å². The summed E-state index contributed by atoms with van der Waals surface area (Å²) in [7, 11) is 0. The zero-order valence-electron chi connectivity index (χ0n) is 23.1. The van der Waals surface area contributed by atoms with Crippen LogP contribution < -0.4 is 0 Å². The lowest BCUT2D eigenvalue weighted by Gasteiger charge is -2.41. The van der Waals surface area contributed by atoms with Crippen LogP contribution in [0.2, 0.25) is 0 Å². The Morgan fingerprint density at radius 3 is 2.35 bits per heavy atom. The van der Waals surface area contributed by atoms with E-state index < -0.39 is 11.8 Å². The van der Waals surface area contributed by atoms with Gasteiger partial charge in [0.25, 0.3) is 0 Å². The first-order valence-electron chi connectivity index (χ1n) is 13.5. The van der Waals surface area contributed by atoms with Crippen LogP contribution in [0.3, 0.4) is 0 Å². The lowest BCUT2D eigenvalue weighted by Crippen LogP contribution is -2.53. The number of hydrogen-bond donors (Lipinski definition) is 1. The lowest BCUT2D eigenvalue weighted by atomic mass is 9.92. The average molecular weight is 556 g/mol. The number of aryl methyl sites for hydroxylation is 1. The standard InChI is InChI=1S/C31H36F3N3O3/c1-4-40-29(38)18-27-21-36(19-23-11-13-35-14-12-23)15-16-37(27)20-24-5-10-28(22(2)17-24)25-6-8-26(9-7-25)30(3,39)31(32,33)34/h5-14,17,27,39H,4,15-16,18-21H2,1-3H3/t27-,30?/m0/s1. The summed E-state index contributed by atoms with van der Waals surface area (Å²) >= 11 is 0. The minimum atomic E-state index is -4.76. The van der Waals surface area contributed by atoms with Gasteiger partial charge in [0.2, 0.25) is 0 Å². The van der Waals surface area contributed by atoms with Crippen LogP contribution in [-0.2, 0) is 28.2 Å². The number of aromatic nitrogens is 1. The summed E-state index contributed by atoms with van der Waals surface area (Å²) in [4.78, 5) is 21.2. The molecule has 0 spiro atoms. The number of nitrogens with zero attached hydrogens (tertiary/aromatic N) is 3. The first-order valence-corrected chi connectivity index (χ1v) is 13.5. The van der Waals surface area contributed by atoms with E-state index in [9.17, 15) is 23.1 Å². The predicted octanol–water partition coefficient (Wildman–Crippen LogP) is 5.47. The molecule has 0 amide bonds. The van der Waals surface area contributed by atoms with Crippen LogP contribution in [0.15, 0.2) is 67.0 Å². The van der Waals surface area contributed by atoms with Gasteiger partial charge in [-0.05, 0) is 66.3 Å². The first kappa shape index (κ1) is 29.7. The highest BCUT2D eigenvalue weighted by Gasteiger charge is 2.51. The highest BCUT2D eigenvalue weighted by Crippen LogP contribution is 2.39. The molecule has 2 aromatic carbocycles. The van der Waals surface area contributed by atoms with Crippen molar-refractivity contribution in [2.24, 2.45) is 0 Å². The van der Waals surface area contributed by atoms with Gasteiger partial charge in [0.15, 0.2) is 5.60 Å². The van der Waals surface area contributed by atoms with Gasteiger partial charge in [0, 0.05) is 51.2 Å². The van der Waals surface area contributed by atoms with Gasteiger partial charge in [0.1, 0.15) is 0 Å². The molecule has 9 heteroatoms. The molecule has 1 N–H and O–H groups in total. The maximum absolute atomic E-state index is 13.2. The number of hydrogen-bond acceptors (Lipinski definition) is 6. The van der Waals surface area contributed by atoms with E-state index in [4.69, 9.17) is 4.74 Å². The topological polar surface area (TPSA) is 65.9 Å². The van der Waals surface area contributed by atoms with E-state index in [1.807, 2.05) is 38.1 Å². The Morgan fingerprint density at radius 2 is 1.73 bits per heavy atom. The van der Waals surface area contributed by atoms with Crippen LogP contribution in [0.4, 0.5) is 13.2 Å². The summed E-state index contributed by atoms with van der Waals surface area (Å²) in [5.41, 5.74) is 1.84. The third-order valence-corrected chi connectivity index (χ3v) is 7.54. The fourth-order valence-corrected chi connectivity index (χ4v) is 5.18. The highest BCUT2D eigenvalue weighted by atomic mass is 19.4. The summed E-state index contributed by atoms with van der Waals surface area (Å²) in [6.45, 7) is 8.76. The van der Waals surface area contributed by atoms with Crippen molar-refractivity contribution >= 4 is 5.97 Å². The van der Waals surface area contributed by atoms with Gasteiger partial charge >= 0.3 is 12.1 Å². The largest absolute Gasteiger partial charge is 0.466 e. The molecule has 3 aromatic rings. The van der Waals surface area contributed by atoms with Crippen molar-refractivity contribution < 1.29 is 27.8 Å². The van der Waals surface area contributed by atoms with Gasteiger partial charge in [-0.15, -0.1) is 0 Å². The Kier molecular flexibility index (Phi) is 9.28. The average Bonchev–Trinajstić information content (AvgIpc) is 2.90. The smallest absolute Gasteiger partial charge is 0.421 e. The molecule has 0 aliphatic carbocycles. The number of piperazine rings is 1. The lowest BCUT2D eigenvalue weighted by molar-refractivity contribution is -0.258. The summed E-state index contributed by atoms with van der Waals surface area (Å²) in [6, 6.07) is 15.9. The monoisotopic (exact) mass is 555 g/mol. The van der Waals surface area contributed by atoms with Crippen LogP contribution in [0, 0.1) is 6.92 Å². The summed E-state index contributed by atoms with van der Waals surface area (Å²) in [5.74, 6) is -0.206. The number of aliphatic hydroxyl groups is 1. The van der Waals surface area contributed by atoms with Crippen molar-refractivity contribution in [3.8, 4) is 11.1 Å². The van der Waals surface area contributed by atoms with Crippen molar-refractivity contribution in [3.05, 3.63) is 89.2 Å². The maximum atomic E-state index is 13.2. The molecule has 1 saturated heterocycles. The number of ether oxygens (including phenoxy) is 1. The predicted molar refractivity (Wildman–Crippen MR) is 147 cm³/mol. The summed E-state index contributed by atoms with van der Waals surface area (Å²) in [6.07, 6.45) is -0.879. The van der Waals surface area contributed by atoms with E-state index >= 15 is 0 Å². The van der Waals surface area contributed by atoms with Crippen LogP contribution in [-0.4, -0.2) is 64.3 Å². The van der Waals surface area contributed by atoms with Crippen LogP contribution in [0.25, 0.3) is 11.1 Å². The Labute approximate surface area is 233 Å². The molecule has 1 unspecified atom stereocenters. The van der Waals surface area contributed by atoms with Gasteiger partial charge in [0.05, 0.1) is 13.0 Å². The SMILES string of the molecule is CCOC(=O)C[C@H]1CN(Cc2ccncc2)CCN1Cc1ccc(-c2ccc(C(C)(O)C(F)(F)F)cc2)c(C)c1. The zero-order chi connectivity index (χ0) is 28.9. The van der Waals surface area contributed by atoms with E-state index in [0.717, 1.165) is 55.4 Å². The third kappa shape index (κ3) is 7.08. The van der Waals surface area contributed by atoms with Crippen molar-refractivity contribution in [1.29, 1.82) is 0 Å². The molecule has 2 atom stereocenters. The fourth-order valence-electron chi connectivity index (χ4n) is 5.18. The van der Waals surface area contributed by atoms with E-state index in [1.54, 1.807) is 24.5 Å². The number of benzene rings is 2. The number of carbonyl (C=O) groups is 1. The number of alkyl halides is 3. The second kappa shape index (κ2) is 12.5. The number of rotatable bonds is 9. The molecular formula is C31H36F3N3O3. The Hall–Kier alpha value is -3.27. The van der Waals surface area contributed by atoms with Crippen molar-refractivity contribution in [3.63, 3.8) is 0 Å². The summed E-state index contributed by atoms with van der Waals surface area (Å²) < 4.78 is 44.9. The molecule has 0 saturated carbocycles. The van der Waals surface area contributed by atoms with Gasteiger partial charge in [-0.2, -0.15) is 13.2 Å². The normalized spacial score (nSPS) is 18.3. The zero-order valence-corrected chi connectivity index (χ0v) is 23.1. The molecule has 6 nitrogen and oxygen atoms in total. The maximum Gasteiger partial charge on any atom is 0.421 e. The highest BCUT2D eigenvalue weighted by molar-refractivity contribution is 5.70. The van der Waals surface area contributed by atoms with Gasteiger partial charge in [-0.3, -0.25) is 19.6 Å². The van der Waals surface area contributed by atoms with Crippen molar-refractivity contribution in [1.82, 2.24) is 14.8 Å². The molecule has 2 heterocycles. The molecule has 214 valence electrons. The molecule has 1 aliphatic rings. The Balaban J connectivity index is 1.47. The third-order valence-electron chi connectivity index (χ3n) is 7.54.